The quantitative estimate of drug-likeness (QED) is 0.133. The first-order chi connectivity index (χ1) is 30.0. The highest BCUT2D eigenvalue weighted by atomic mass is 16.5. The summed E-state index contributed by atoms with van der Waals surface area (Å²) in [5.74, 6) is 1.77. The monoisotopic (exact) mass is 848 g/mol. The molecule has 6 heterocycles. The lowest BCUT2D eigenvalue weighted by Crippen LogP contribution is -2.58. The van der Waals surface area contributed by atoms with Gasteiger partial charge in [0.25, 0.3) is 0 Å². The highest BCUT2D eigenvalue weighted by molar-refractivity contribution is 6.07. The molecule has 62 heavy (non-hydrogen) atoms. The van der Waals surface area contributed by atoms with Crippen molar-refractivity contribution in [2.45, 2.75) is 82.5 Å². The van der Waals surface area contributed by atoms with Crippen molar-refractivity contribution in [3.05, 3.63) is 65.9 Å². The molecule has 0 aliphatic carbocycles. The number of nitrogens with zero attached hydrogens (tertiary/aromatic N) is 4. The van der Waals surface area contributed by atoms with Crippen molar-refractivity contribution in [1.29, 1.82) is 0 Å². The van der Waals surface area contributed by atoms with Crippen LogP contribution in [0.15, 0.2) is 48.7 Å². The third kappa shape index (κ3) is 7.25. The molecule has 3 aromatic carbocycles. The molecule has 0 saturated carbocycles. The van der Waals surface area contributed by atoms with Crippen molar-refractivity contribution in [3.8, 4) is 28.1 Å². The molecule has 0 radical (unpaired) electrons. The smallest absolute Gasteiger partial charge is 0.407 e. The van der Waals surface area contributed by atoms with Gasteiger partial charge in [-0.25, -0.2) is 19.6 Å². The van der Waals surface area contributed by atoms with Crippen LogP contribution in [0.5, 0.6) is 5.75 Å². The summed E-state index contributed by atoms with van der Waals surface area (Å²) in [4.78, 5) is 72.7. The predicted octanol–water partition coefficient (Wildman–Crippen LogP) is 5.76. The van der Waals surface area contributed by atoms with Gasteiger partial charge in [0, 0.05) is 43.7 Å². The summed E-state index contributed by atoms with van der Waals surface area (Å²) in [7, 11) is 5.70. The molecule has 3 saturated heterocycles. The average molecular weight is 849 g/mol. The fraction of sp³-hybridized carbons (Fsp3) is 0.467. The minimum absolute atomic E-state index is 0.000554. The molecule has 1 unspecified atom stereocenters. The van der Waals surface area contributed by atoms with Gasteiger partial charge in [0.1, 0.15) is 36.1 Å². The number of imidazole rings is 2. The van der Waals surface area contributed by atoms with E-state index in [1.54, 1.807) is 18.9 Å². The van der Waals surface area contributed by atoms with Crippen molar-refractivity contribution >= 4 is 45.8 Å². The number of piperidine rings is 1. The van der Waals surface area contributed by atoms with Crippen LogP contribution < -0.4 is 15.4 Å². The van der Waals surface area contributed by atoms with Crippen molar-refractivity contribution < 1.29 is 42.9 Å². The first kappa shape index (κ1) is 41.2. The molecule has 0 bridgehead atoms. The third-order valence-corrected chi connectivity index (χ3v) is 13.2. The number of hydrogen-bond donors (Lipinski definition) is 4. The molecule has 4 aliphatic rings. The van der Waals surface area contributed by atoms with Gasteiger partial charge < -0.3 is 54.1 Å². The highest BCUT2D eigenvalue weighted by Gasteiger charge is 2.48. The summed E-state index contributed by atoms with van der Waals surface area (Å²) < 4.78 is 27.0. The highest BCUT2D eigenvalue weighted by Crippen LogP contribution is 2.45. The second kappa shape index (κ2) is 16.6. The molecule has 4 aliphatic heterocycles. The number of likely N-dealkylation sites (tertiary alicyclic amines) is 1. The third-order valence-electron chi connectivity index (χ3n) is 13.2. The zero-order valence-corrected chi connectivity index (χ0v) is 35.7. The number of hydrogen-bond acceptors (Lipinski definition) is 11. The number of aromatic nitrogens is 4. The Morgan fingerprint density at radius 1 is 0.952 bits per heavy atom. The van der Waals surface area contributed by atoms with E-state index in [1.165, 1.54) is 21.3 Å². The number of ether oxygens (including phenoxy) is 5. The van der Waals surface area contributed by atoms with E-state index in [4.69, 9.17) is 33.7 Å². The Labute approximate surface area is 358 Å². The topological polar surface area (TPSA) is 202 Å². The average Bonchev–Trinajstić information content (AvgIpc) is 4.11. The van der Waals surface area contributed by atoms with Crippen LogP contribution in [0.2, 0.25) is 0 Å². The maximum atomic E-state index is 14.1. The van der Waals surface area contributed by atoms with E-state index in [0.717, 1.165) is 80.6 Å². The van der Waals surface area contributed by atoms with Crippen LogP contribution in [0, 0.1) is 11.8 Å². The van der Waals surface area contributed by atoms with Gasteiger partial charge in [-0.3, -0.25) is 9.59 Å². The van der Waals surface area contributed by atoms with Gasteiger partial charge in [0.05, 0.1) is 61.9 Å². The summed E-state index contributed by atoms with van der Waals surface area (Å²) in [5, 5.41) is 7.30. The Balaban J connectivity index is 0.973. The first-order valence-corrected chi connectivity index (χ1v) is 21.1. The van der Waals surface area contributed by atoms with E-state index in [9.17, 15) is 19.2 Å². The Morgan fingerprint density at radius 2 is 1.77 bits per heavy atom. The summed E-state index contributed by atoms with van der Waals surface area (Å²) in [5.41, 5.74) is 6.47. The normalized spacial score (nSPS) is 23.9. The lowest BCUT2D eigenvalue weighted by Gasteiger charge is -2.41. The molecular formula is C45H52N8O9. The van der Waals surface area contributed by atoms with E-state index >= 15 is 0 Å². The van der Waals surface area contributed by atoms with Crippen molar-refractivity contribution in [3.63, 3.8) is 0 Å². The van der Waals surface area contributed by atoms with E-state index in [1.807, 2.05) is 30.2 Å². The Hall–Kier alpha value is -6.20. The zero-order valence-electron chi connectivity index (χ0n) is 35.7. The zero-order chi connectivity index (χ0) is 43.4. The summed E-state index contributed by atoms with van der Waals surface area (Å²) in [6.45, 7) is 4.98. The van der Waals surface area contributed by atoms with E-state index in [2.05, 4.69) is 50.9 Å². The lowest BCUT2D eigenvalue weighted by atomic mass is 9.88. The Morgan fingerprint density at radius 3 is 2.55 bits per heavy atom. The Kier molecular flexibility index (Phi) is 11.0. The number of rotatable bonds is 10. The molecule has 9 rings (SSSR count). The van der Waals surface area contributed by atoms with E-state index < -0.39 is 36.4 Å². The van der Waals surface area contributed by atoms with Gasteiger partial charge in [0.15, 0.2) is 0 Å². The number of carbonyl (C=O) groups excluding carboxylic acids is 4. The maximum absolute atomic E-state index is 14.1. The van der Waals surface area contributed by atoms with E-state index in [-0.39, 0.29) is 35.7 Å². The second-order valence-electron chi connectivity index (χ2n) is 16.9. The number of H-pyrrole nitrogens is 2. The number of carbonyl (C=O) groups is 4. The Bertz CT molecular complexity index is 2550. The molecule has 0 spiro atoms. The molecule has 2 aromatic heterocycles. The minimum atomic E-state index is -0.968. The SMILES string of the molecule is COC[C@H]1C[C@@H](c2nc3c(ccc4cc5c(cc43)OCc3cc(-c4cnc([C@@H]6CC[C@@H]7CC(C)[C@H](NC(=O)OC)C(=O)N76)[nH]4)ccc3-5)[nH]2)N(C(=O)[C@@H](NC(=O)OC)[C@@H](C)OC)C1. The largest absolute Gasteiger partial charge is 0.488 e. The molecule has 8 atom stereocenters. The van der Waals surface area contributed by atoms with Gasteiger partial charge in [-0.15, -0.1) is 0 Å². The molecule has 326 valence electrons. The number of fused-ring (bicyclic) bond motifs is 7. The van der Waals surface area contributed by atoms with Gasteiger partial charge >= 0.3 is 12.2 Å². The van der Waals surface area contributed by atoms with Crippen molar-refractivity contribution in [2.24, 2.45) is 11.8 Å². The fourth-order valence-electron chi connectivity index (χ4n) is 10.0. The number of aromatic amines is 2. The second-order valence-corrected chi connectivity index (χ2v) is 16.9. The number of amides is 4. The molecule has 17 nitrogen and oxygen atoms in total. The van der Waals surface area contributed by atoms with E-state index in [0.29, 0.717) is 32.0 Å². The molecule has 5 aromatic rings. The molecule has 3 fully saturated rings. The van der Waals surface area contributed by atoms with Crippen LogP contribution in [0.1, 0.15) is 68.8 Å². The molecule has 4 N–H and O–H groups in total. The molecule has 17 heteroatoms. The number of benzene rings is 3. The van der Waals surface area contributed by atoms with Gasteiger partial charge in [-0.1, -0.05) is 25.1 Å². The fourth-order valence-corrected chi connectivity index (χ4v) is 10.0. The number of methoxy groups -OCH3 is 4. The van der Waals surface area contributed by atoms with Crippen LogP contribution in [0.3, 0.4) is 0 Å². The number of nitrogens with one attached hydrogen (secondary N) is 4. The van der Waals surface area contributed by atoms with Crippen LogP contribution >= 0.6 is 0 Å². The first-order valence-electron chi connectivity index (χ1n) is 21.1. The van der Waals surface area contributed by atoms with Gasteiger partial charge in [-0.05, 0) is 84.9 Å². The van der Waals surface area contributed by atoms with Crippen LogP contribution in [-0.4, -0.2) is 120 Å². The van der Waals surface area contributed by atoms with Crippen LogP contribution in [0.4, 0.5) is 9.59 Å². The van der Waals surface area contributed by atoms with Crippen LogP contribution in [-0.2, 0) is 35.1 Å². The summed E-state index contributed by atoms with van der Waals surface area (Å²) >= 11 is 0. The molecule has 4 amide bonds. The molecular weight excluding hydrogens is 797 g/mol. The predicted molar refractivity (Wildman–Crippen MR) is 227 cm³/mol. The lowest BCUT2D eigenvalue weighted by molar-refractivity contribution is -0.142. The van der Waals surface area contributed by atoms with Crippen LogP contribution in [0.25, 0.3) is 44.2 Å². The van der Waals surface area contributed by atoms with Gasteiger partial charge in [0.2, 0.25) is 11.8 Å². The summed E-state index contributed by atoms with van der Waals surface area (Å²) in [6.07, 6.45) is 2.96. The minimum Gasteiger partial charge on any atom is -0.488 e. The maximum Gasteiger partial charge on any atom is 0.407 e. The standard InChI is InChI=1S/C45H52N8O9/c1-22-13-28-9-12-34(53(28)43(55)37(22)50-44(56)60-5)40-46-18-33(48-40)26-7-10-29-27(15-26)21-62-36-17-30-25(16-31(29)36)8-11-32-39(30)49-41(47-32)35-14-24(20-58-3)19-52(35)42(54)38(23(2)59-4)51-45(57)61-6/h7-8,10-11,15-18,22-24,28,34-35,37-38H,9,12-14,19-21H2,1-6H3,(H,46,48)(H,47,49)(H,50,56)(H,51,57)/t22?,23-,24+,28-,34+,35+,37+,38+/m1/s1. The van der Waals surface area contributed by atoms with Crippen molar-refractivity contribution in [1.82, 2.24) is 40.4 Å². The number of alkyl carbamates (subject to hydrolysis) is 2. The summed E-state index contributed by atoms with van der Waals surface area (Å²) in [6, 6.07) is 12.4. The van der Waals surface area contributed by atoms with Crippen molar-refractivity contribution in [2.75, 3.05) is 41.6 Å². The van der Waals surface area contributed by atoms with Gasteiger partial charge in [-0.2, -0.15) is 0 Å².